The molecule has 2 amide bonds. The molecule has 1 saturated heterocycles. The Balaban J connectivity index is 1.52. The molecule has 1 N–H and O–H groups in total. The molecule has 1 aliphatic heterocycles. The van der Waals surface area contributed by atoms with Gasteiger partial charge in [0.15, 0.2) is 18.1 Å². The van der Waals surface area contributed by atoms with E-state index in [1.165, 1.54) is 25.7 Å². The van der Waals surface area contributed by atoms with Crippen LogP contribution in [0, 0.1) is 12.8 Å². The fraction of sp³-hybridized carbons (Fsp3) is 0.500. The van der Waals surface area contributed by atoms with Crippen LogP contribution in [0.4, 0.5) is 4.79 Å². The molecule has 2 fully saturated rings. The average molecular weight is 398 g/mol. The van der Waals surface area contributed by atoms with Crippen LogP contribution < -0.4 is 10.1 Å². The van der Waals surface area contributed by atoms with Crippen LogP contribution >= 0.6 is 0 Å². The standard InChI is InChI=1S/C22H26N2O5/c1-14-19(23-13-27-14)22(2,16-6-4-3-5-7-16)29-17-10-8-15(9-11-17)12-18-20(25)24-21(26)28-18/h8-11,13,16,18H,3-7,12H2,1-2H3,(H,24,25,26). The van der Waals surface area contributed by atoms with Crippen LogP contribution in [-0.4, -0.2) is 23.1 Å². The van der Waals surface area contributed by atoms with Crippen molar-refractivity contribution in [2.24, 2.45) is 5.92 Å². The van der Waals surface area contributed by atoms with E-state index in [-0.39, 0.29) is 0 Å². The largest absolute Gasteiger partial charge is 0.481 e. The first-order valence-corrected chi connectivity index (χ1v) is 10.2. The molecule has 4 rings (SSSR count). The van der Waals surface area contributed by atoms with Crippen LogP contribution in [0.2, 0.25) is 0 Å². The van der Waals surface area contributed by atoms with Crippen LogP contribution in [0.5, 0.6) is 5.75 Å². The quantitative estimate of drug-likeness (QED) is 0.790. The Morgan fingerprint density at radius 2 is 1.90 bits per heavy atom. The molecule has 1 aromatic heterocycles. The third-order valence-corrected chi connectivity index (χ3v) is 6.04. The normalized spacial score (nSPS) is 22.1. The first-order chi connectivity index (χ1) is 14.0. The maximum atomic E-state index is 11.7. The van der Waals surface area contributed by atoms with Crippen molar-refractivity contribution in [2.75, 3.05) is 0 Å². The summed E-state index contributed by atoms with van der Waals surface area (Å²) in [6, 6.07) is 7.57. The first kappa shape index (κ1) is 19.5. The molecule has 0 spiro atoms. The predicted molar refractivity (Wildman–Crippen MR) is 104 cm³/mol. The Morgan fingerprint density at radius 1 is 1.17 bits per heavy atom. The van der Waals surface area contributed by atoms with Crippen LogP contribution in [0.1, 0.15) is 56.0 Å². The minimum absolute atomic E-state index is 0.333. The summed E-state index contributed by atoms with van der Waals surface area (Å²) in [5, 5.41) is 2.15. The summed E-state index contributed by atoms with van der Waals surface area (Å²) < 4.78 is 17.0. The lowest BCUT2D eigenvalue weighted by Gasteiger charge is -2.39. The number of aryl methyl sites for hydroxylation is 1. The Labute approximate surface area is 169 Å². The minimum atomic E-state index is -0.778. The topological polar surface area (TPSA) is 90.7 Å². The van der Waals surface area contributed by atoms with Crippen molar-refractivity contribution < 1.29 is 23.5 Å². The lowest BCUT2D eigenvalue weighted by Crippen LogP contribution is -2.40. The number of hydrogen-bond acceptors (Lipinski definition) is 6. The molecule has 2 aliphatic rings. The molecule has 0 radical (unpaired) electrons. The molecule has 29 heavy (non-hydrogen) atoms. The number of nitrogens with one attached hydrogen (secondary N) is 1. The fourth-order valence-electron chi connectivity index (χ4n) is 4.44. The lowest BCUT2D eigenvalue weighted by molar-refractivity contribution is -0.123. The Morgan fingerprint density at radius 3 is 2.48 bits per heavy atom. The molecule has 1 aromatic carbocycles. The molecular weight excluding hydrogens is 372 g/mol. The van der Waals surface area contributed by atoms with E-state index in [1.54, 1.807) is 0 Å². The molecule has 154 valence electrons. The number of cyclic esters (lactones) is 1. The molecule has 2 heterocycles. The van der Waals surface area contributed by atoms with Gasteiger partial charge in [0.25, 0.3) is 5.91 Å². The Hall–Kier alpha value is -2.83. The van der Waals surface area contributed by atoms with Gasteiger partial charge in [-0.1, -0.05) is 31.4 Å². The van der Waals surface area contributed by atoms with Crippen molar-refractivity contribution in [2.45, 2.75) is 64.1 Å². The van der Waals surface area contributed by atoms with Crippen molar-refractivity contribution in [1.29, 1.82) is 0 Å². The number of oxazole rings is 1. The van der Waals surface area contributed by atoms with Gasteiger partial charge in [-0.3, -0.25) is 10.1 Å². The molecule has 7 nitrogen and oxygen atoms in total. The van der Waals surface area contributed by atoms with E-state index in [4.69, 9.17) is 13.9 Å². The zero-order chi connectivity index (χ0) is 20.4. The number of ether oxygens (including phenoxy) is 2. The number of alkyl carbamates (subject to hydrolysis) is 1. The van der Waals surface area contributed by atoms with Crippen molar-refractivity contribution in [3.05, 3.63) is 47.7 Å². The summed E-state index contributed by atoms with van der Waals surface area (Å²) in [6.07, 6.45) is 6.20. The van der Waals surface area contributed by atoms with Gasteiger partial charge in [-0.2, -0.15) is 0 Å². The number of aromatic nitrogens is 1. The van der Waals surface area contributed by atoms with Crippen molar-refractivity contribution in [3.8, 4) is 5.75 Å². The highest BCUT2D eigenvalue weighted by Gasteiger charge is 2.42. The lowest BCUT2D eigenvalue weighted by atomic mass is 9.75. The number of hydrogen-bond donors (Lipinski definition) is 1. The highest BCUT2D eigenvalue weighted by atomic mass is 16.6. The van der Waals surface area contributed by atoms with E-state index in [9.17, 15) is 9.59 Å². The SMILES string of the molecule is Cc1ocnc1C(C)(Oc1ccc(CC2OC(=O)NC2=O)cc1)C1CCCCC1. The summed E-state index contributed by atoms with van der Waals surface area (Å²) in [5.74, 6) is 1.48. The summed E-state index contributed by atoms with van der Waals surface area (Å²) in [6.45, 7) is 4.02. The van der Waals surface area contributed by atoms with Crippen molar-refractivity contribution in [3.63, 3.8) is 0 Å². The number of carbonyl (C=O) groups excluding carboxylic acids is 2. The van der Waals surface area contributed by atoms with E-state index in [2.05, 4.69) is 17.2 Å². The fourth-order valence-corrected chi connectivity index (χ4v) is 4.44. The minimum Gasteiger partial charge on any atom is -0.481 e. The number of benzene rings is 1. The molecular formula is C22H26N2O5. The monoisotopic (exact) mass is 398 g/mol. The summed E-state index contributed by atoms with van der Waals surface area (Å²) in [5.41, 5.74) is 1.17. The predicted octanol–water partition coefficient (Wildman–Crippen LogP) is 4.04. The van der Waals surface area contributed by atoms with Gasteiger partial charge in [-0.25, -0.2) is 9.78 Å². The average Bonchev–Trinajstić information content (AvgIpc) is 3.29. The molecule has 1 saturated carbocycles. The van der Waals surface area contributed by atoms with E-state index in [1.807, 2.05) is 31.2 Å². The van der Waals surface area contributed by atoms with Gasteiger partial charge in [-0.15, -0.1) is 0 Å². The maximum Gasteiger partial charge on any atom is 0.414 e. The summed E-state index contributed by atoms with van der Waals surface area (Å²) in [7, 11) is 0. The highest BCUT2D eigenvalue weighted by Crippen LogP contribution is 2.43. The van der Waals surface area contributed by atoms with Gasteiger partial charge in [0.05, 0.1) is 0 Å². The van der Waals surface area contributed by atoms with Crippen LogP contribution in [-0.2, 0) is 21.6 Å². The highest BCUT2D eigenvalue weighted by molar-refractivity contribution is 6.00. The number of imide groups is 1. The van der Waals surface area contributed by atoms with Crippen molar-refractivity contribution >= 4 is 12.0 Å². The molecule has 2 atom stereocenters. The zero-order valence-corrected chi connectivity index (χ0v) is 16.8. The van der Waals surface area contributed by atoms with Gasteiger partial charge in [0.2, 0.25) is 0 Å². The summed E-state index contributed by atoms with van der Waals surface area (Å²) in [4.78, 5) is 27.3. The van der Waals surface area contributed by atoms with Crippen molar-refractivity contribution in [1.82, 2.24) is 10.3 Å². The van der Waals surface area contributed by atoms with Crippen LogP contribution in [0.15, 0.2) is 35.1 Å². The number of rotatable bonds is 6. The van der Waals surface area contributed by atoms with Gasteiger partial charge < -0.3 is 13.9 Å². The Bertz CT molecular complexity index is 885. The third-order valence-electron chi connectivity index (χ3n) is 6.04. The van der Waals surface area contributed by atoms with Gasteiger partial charge in [-0.05, 0) is 44.4 Å². The second-order valence-electron chi connectivity index (χ2n) is 8.03. The molecule has 7 heteroatoms. The third kappa shape index (κ3) is 3.99. The molecule has 0 bridgehead atoms. The Kier molecular flexibility index (Phi) is 5.30. The van der Waals surface area contributed by atoms with Gasteiger partial charge in [0.1, 0.15) is 17.2 Å². The number of nitrogens with zero attached hydrogens (tertiary/aromatic N) is 1. The van der Waals surface area contributed by atoms with Gasteiger partial charge in [0, 0.05) is 12.3 Å². The molecule has 2 aromatic rings. The summed E-state index contributed by atoms with van der Waals surface area (Å²) >= 11 is 0. The zero-order valence-electron chi connectivity index (χ0n) is 16.8. The maximum absolute atomic E-state index is 11.7. The van der Waals surface area contributed by atoms with E-state index < -0.39 is 23.7 Å². The second kappa shape index (κ2) is 7.89. The molecule has 2 unspecified atom stereocenters. The number of amides is 2. The van der Waals surface area contributed by atoms with E-state index in [0.717, 1.165) is 35.6 Å². The van der Waals surface area contributed by atoms with Gasteiger partial charge >= 0.3 is 6.09 Å². The molecule has 1 aliphatic carbocycles. The second-order valence-corrected chi connectivity index (χ2v) is 8.03. The first-order valence-electron chi connectivity index (χ1n) is 10.2. The van der Waals surface area contributed by atoms with E-state index >= 15 is 0 Å². The van der Waals surface area contributed by atoms with E-state index in [0.29, 0.717) is 12.3 Å². The van der Waals surface area contributed by atoms with Crippen LogP contribution in [0.3, 0.4) is 0 Å². The number of carbonyl (C=O) groups is 2. The van der Waals surface area contributed by atoms with Crippen LogP contribution in [0.25, 0.3) is 0 Å². The smallest absolute Gasteiger partial charge is 0.414 e.